The average Bonchev–Trinajstić information content (AvgIpc) is 2.70. The minimum Gasteiger partial charge on any atom is -0.677 e. The number of rotatable bonds is 7. The molecule has 2 fully saturated rings. The van der Waals surface area contributed by atoms with Gasteiger partial charge in [-0.15, -0.1) is 0 Å². The van der Waals surface area contributed by atoms with Gasteiger partial charge in [0.1, 0.15) is 24.4 Å². The smallest absolute Gasteiger partial charge is 0.677 e. The molecule has 0 aromatic rings. The number of hydrogen-bond donors (Lipinski definition) is 6. The number of carbonyl (C=O) groups is 2. The maximum atomic E-state index is 13.7. The van der Waals surface area contributed by atoms with Gasteiger partial charge < -0.3 is 52.8 Å². The largest absolute Gasteiger partial charge is 2.00 e. The van der Waals surface area contributed by atoms with Crippen LogP contribution in [0.15, 0.2) is 0 Å². The van der Waals surface area contributed by atoms with Crippen LogP contribution in [0.1, 0.15) is 32.1 Å². The quantitative estimate of drug-likeness (QED) is 0.157. The number of aliphatic hydroxyl groups excluding tert-OH is 4. The maximum absolute atomic E-state index is 13.7. The number of aliphatic carboxylic acids is 2. The number of carboxylic acid groups (broad SMARTS) is 2. The molecule has 184 valence electrons. The predicted molar refractivity (Wildman–Crippen MR) is 98.9 cm³/mol. The van der Waals surface area contributed by atoms with Crippen molar-refractivity contribution in [1.29, 1.82) is 0 Å². The van der Waals surface area contributed by atoms with Gasteiger partial charge in [-0.25, -0.2) is 14.0 Å². The third-order valence-corrected chi connectivity index (χ3v) is 5.16. The minimum atomic E-state index is -3.58. The van der Waals surface area contributed by atoms with Crippen molar-refractivity contribution in [3.8, 4) is 0 Å². The Kier molecular flexibility index (Phi) is 13.4. The molecule has 0 aromatic carbocycles. The van der Waals surface area contributed by atoms with Crippen LogP contribution < -0.4 is 0 Å². The fraction of sp³-hybridized carbons (Fsp3) is 0.833. The average molecular weight is 635 g/mol. The van der Waals surface area contributed by atoms with Crippen molar-refractivity contribution in [1.82, 2.24) is 0 Å². The Hall–Kier alpha value is -0.722. The fourth-order valence-corrected chi connectivity index (χ4v) is 3.03. The van der Waals surface area contributed by atoms with Crippen LogP contribution in [0.25, 0.3) is 5.73 Å². The second-order valence-corrected chi connectivity index (χ2v) is 7.38. The van der Waals surface area contributed by atoms with E-state index in [0.29, 0.717) is 5.92 Å². The number of hydrogen-bond acceptors (Lipinski definition) is 8. The summed E-state index contributed by atoms with van der Waals surface area (Å²) in [6, 6.07) is 0.142. The van der Waals surface area contributed by atoms with Crippen LogP contribution in [0, 0.1) is 12.8 Å². The van der Waals surface area contributed by atoms with Gasteiger partial charge in [-0.2, -0.15) is 12.0 Å². The zero-order chi connectivity index (χ0) is 23.1. The van der Waals surface area contributed by atoms with Gasteiger partial charge in [0.25, 0.3) is 0 Å². The molecule has 0 radical (unpaired) electrons. The second kappa shape index (κ2) is 13.7. The van der Waals surface area contributed by atoms with Gasteiger partial charge in [0.15, 0.2) is 6.29 Å². The first-order valence-corrected chi connectivity index (χ1v) is 9.57. The standard InChI is InChI=1S/C11H17FO10.C7H13N.Pt/c12-11(9(17)18,10(19)20)1-2-21-8-7(16)6(15)5(14)4(3-13)22-8;1-6-4-2-3-5-7(6)8;/h4-8,13-16H,1-3H2,(H,17,18)(H,19,20);6-8H,1-5H2;/q;-2;+2/t4-,5-,6+,7-,8?;6-,7+;/m10./s1. The molecule has 2 aliphatic rings. The van der Waals surface area contributed by atoms with E-state index in [1.165, 1.54) is 19.3 Å². The van der Waals surface area contributed by atoms with Crippen molar-refractivity contribution < 1.29 is 75.2 Å². The number of ether oxygens (including phenoxy) is 2. The molecule has 1 saturated carbocycles. The van der Waals surface area contributed by atoms with Crippen LogP contribution in [-0.2, 0) is 40.1 Å². The number of aliphatic hydroxyl groups is 4. The maximum Gasteiger partial charge on any atom is 2.00 e. The molecule has 31 heavy (non-hydrogen) atoms. The Morgan fingerprint density at radius 1 is 1.10 bits per heavy atom. The van der Waals surface area contributed by atoms with Crippen LogP contribution >= 0.6 is 0 Å². The third kappa shape index (κ3) is 8.29. The van der Waals surface area contributed by atoms with Crippen molar-refractivity contribution in [2.75, 3.05) is 13.2 Å². The van der Waals surface area contributed by atoms with E-state index < -0.39 is 67.9 Å². The van der Waals surface area contributed by atoms with E-state index >= 15 is 0 Å². The van der Waals surface area contributed by atoms with Gasteiger partial charge in [0.05, 0.1) is 13.2 Å². The summed E-state index contributed by atoms with van der Waals surface area (Å²) < 4.78 is 23.4. The fourth-order valence-electron chi connectivity index (χ4n) is 3.03. The summed E-state index contributed by atoms with van der Waals surface area (Å²) in [6.07, 6.45) is -4.21. The molecular formula is C18H30FNO10Pt. The second-order valence-electron chi connectivity index (χ2n) is 7.38. The van der Waals surface area contributed by atoms with Crippen molar-refractivity contribution in [3.05, 3.63) is 12.7 Å². The molecule has 0 aromatic heterocycles. The Balaban J connectivity index is 0.000000838. The topological polar surface area (TPSA) is 198 Å². The van der Waals surface area contributed by atoms with Crippen LogP contribution in [-0.4, -0.2) is 98.2 Å². The Bertz CT molecular complexity index is 545. The molecule has 0 spiro atoms. The van der Waals surface area contributed by atoms with Crippen molar-refractivity contribution >= 4 is 11.9 Å². The molecule has 7 N–H and O–H groups in total. The van der Waals surface area contributed by atoms with Crippen LogP contribution in [0.2, 0.25) is 0 Å². The summed E-state index contributed by atoms with van der Waals surface area (Å²) in [5.74, 6) is -4.00. The number of halogens is 1. The molecule has 13 heteroatoms. The summed E-state index contributed by atoms with van der Waals surface area (Å²) in [4.78, 5) is 21.2. The van der Waals surface area contributed by atoms with Crippen LogP contribution in [0.3, 0.4) is 0 Å². The van der Waals surface area contributed by atoms with Crippen molar-refractivity contribution in [3.63, 3.8) is 0 Å². The van der Waals surface area contributed by atoms with Gasteiger partial charge in [-0.1, -0.05) is 25.7 Å². The summed E-state index contributed by atoms with van der Waals surface area (Å²) in [6.45, 7) is 2.42. The molecule has 1 saturated heterocycles. The normalized spacial score (nSPS) is 33.5. The minimum absolute atomic E-state index is 0. The van der Waals surface area contributed by atoms with Crippen LogP contribution in [0.4, 0.5) is 4.39 Å². The number of nitrogens with one attached hydrogen (secondary N) is 1. The van der Waals surface area contributed by atoms with E-state index in [0.717, 1.165) is 6.42 Å². The zero-order valence-corrected chi connectivity index (χ0v) is 19.0. The SMILES string of the molecule is O=C(O)C(F)(CCOC1O[C@H](CO)[C@@H](O)[C@H](O)[C@H]1O)C(=O)O.[CH2-][C@H]1CCCC[C@H]1[NH-].[Pt+2]. The number of alkyl halides is 1. The predicted octanol–water partition coefficient (Wildman–Crippen LogP) is -0.501. The molecule has 1 heterocycles. The zero-order valence-electron chi connectivity index (χ0n) is 16.7. The van der Waals surface area contributed by atoms with E-state index in [1.54, 1.807) is 0 Å². The van der Waals surface area contributed by atoms with Gasteiger partial charge in [0.2, 0.25) is 0 Å². The molecular weight excluding hydrogens is 604 g/mol. The Labute approximate surface area is 193 Å². The van der Waals surface area contributed by atoms with Gasteiger partial charge in [-0.05, 0) is 0 Å². The van der Waals surface area contributed by atoms with Crippen molar-refractivity contribution in [2.24, 2.45) is 5.92 Å². The first kappa shape index (κ1) is 30.3. The van der Waals surface area contributed by atoms with Gasteiger partial charge in [-0.3, -0.25) is 0 Å². The Morgan fingerprint density at radius 2 is 1.65 bits per heavy atom. The van der Waals surface area contributed by atoms with E-state index in [9.17, 15) is 29.3 Å². The molecule has 1 aliphatic heterocycles. The molecule has 0 amide bonds. The van der Waals surface area contributed by atoms with E-state index in [4.69, 9.17) is 30.5 Å². The van der Waals surface area contributed by atoms with Gasteiger partial charge in [0, 0.05) is 6.42 Å². The van der Waals surface area contributed by atoms with E-state index in [1.807, 2.05) is 0 Å². The third-order valence-electron chi connectivity index (χ3n) is 5.16. The molecule has 1 aliphatic carbocycles. The molecule has 0 bridgehead atoms. The summed E-state index contributed by atoms with van der Waals surface area (Å²) in [5, 5.41) is 54.6. The summed E-state index contributed by atoms with van der Waals surface area (Å²) in [7, 11) is 0. The van der Waals surface area contributed by atoms with Crippen molar-refractivity contribution in [2.45, 2.75) is 74.5 Å². The Morgan fingerprint density at radius 3 is 2.06 bits per heavy atom. The molecule has 1 unspecified atom stereocenters. The molecule has 11 nitrogen and oxygen atoms in total. The first-order valence-electron chi connectivity index (χ1n) is 9.57. The molecule has 2 rings (SSSR count). The van der Waals surface area contributed by atoms with Crippen LogP contribution in [0.5, 0.6) is 0 Å². The number of carboxylic acids is 2. The molecule has 7 atom stereocenters. The first-order chi connectivity index (χ1) is 14.0. The monoisotopic (exact) mass is 634 g/mol. The summed E-state index contributed by atoms with van der Waals surface area (Å²) in [5.41, 5.74) is 3.84. The van der Waals surface area contributed by atoms with Gasteiger partial charge >= 0.3 is 38.7 Å². The van der Waals surface area contributed by atoms with E-state index in [2.05, 4.69) is 6.92 Å². The summed E-state index contributed by atoms with van der Waals surface area (Å²) >= 11 is 0. The van der Waals surface area contributed by atoms with E-state index in [-0.39, 0.29) is 27.1 Å².